The summed E-state index contributed by atoms with van der Waals surface area (Å²) in [6, 6.07) is 8.79. The van der Waals surface area contributed by atoms with Gasteiger partial charge in [-0.15, -0.1) is 0 Å². The number of rotatable bonds is 2. The highest BCUT2D eigenvalue weighted by Crippen LogP contribution is 2.39. The molecule has 0 unspecified atom stereocenters. The van der Waals surface area contributed by atoms with Crippen LogP contribution in [0.25, 0.3) is 10.9 Å². The summed E-state index contributed by atoms with van der Waals surface area (Å²) in [6.45, 7) is 4.75. The number of hydrogen-bond donors (Lipinski definition) is 1. The number of pyridine rings is 1. The van der Waals surface area contributed by atoms with Crippen LogP contribution in [0.5, 0.6) is 0 Å². The number of nitrogens with two attached hydrogens (primary N) is 1. The second-order valence-corrected chi connectivity index (χ2v) is 7.07. The van der Waals surface area contributed by atoms with Crippen molar-refractivity contribution in [2.45, 2.75) is 45.6 Å². The monoisotopic (exact) mass is 283 g/mol. The molecule has 0 saturated heterocycles. The van der Waals surface area contributed by atoms with Gasteiger partial charge in [0.25, 0.3) is 0 Å². The minimum Gasteiger partial charge on any atom is -0.396 e. The molecule has 1 saturated carbocycles. The molecule has 0 spiro atoms. The molecule has 0 bridgehead atoms. The lowest BCUT2D eigenvalue weighted by atomic mass is 9.75. The lowest BCUT2D eigenvalue weighted by molar-refractivity contribution is 0.222. The highest BCUT2D eigenvalue weighted by Gasteiger charge is 2.29. The summed E-state index contributed by atoms with van der Waals surface area (Å²) in [5, 5.41) is 1.05. The molecular weight excluding hydrogens is 258 g/mol. The van der Waals surface area contributed by atoms with E-state index in [9.17, 15) is 0 Å². The van der Waals surface area contributed by atoms with Crippen molar-refractivity contribution >= 4 is 22.3 Å². The van der Waals surface area contributed by atoms with Crippen molar-refractivity contribution in [3.8, 4) is 0 Å². The van der Waals surface area contributed by atoms with Crippen LogP contribution in [0.1, 0.15) is 39.5 Å². The van der Waals surface area contributed by atoms with Crippen molar-refractivity contribution in [2.75, 3.05) is 17.7 Å². The van der Waals surface area contributed by atoms with Gasteiger partial charge in [0.1, 0.15) is 0 Å². The Morgan fingerprint density at radius 2 is 1.90 bits per heavy atom. The molecular formula is C18H25N3. The fourth-order valence-corrected chi connectivity index (χ4v) is 3.44. The van der Waals surface area contributed by atoms with Gasteiger partial charge in [0.05, 0.1) is 16.9 Å². The van der Waals surface area contributed by atoms with Crippen LogP contribution in [-0.4, -0.2) is 18.1 Å². The molecule has 1 aromatic carbocycles. The van der Waals surface area contributed by atoms with Crippen LogP contribution >= 0.6 is 0 Å². The van der Waals surface area contributed by atoms with Crippen molar-refractivity contribution in [2.24, 2.45) is 5.41 Å². The van der Waals surface area contributed by atoms with Crippen LogP contribution in [0.15, 0.2) is 30.5 Å². The van der Waals surface area contributed by atoms with Gasteiger partial charge in [-0.25, -0.2) is 0 Å². The predicted molar refractivity (Wildman–Crippen MR) is 90.6 cm³/mol. The zero-order valence-electron chi connectivity index (χ0n) is 13.3. The molecule has 1 fully saturated rings. The third-order valence-electron chi connectivity index (χ3n) is 5.04. The topological polar surface area (TPSA) is 42.2 Å². The van der Waals surface area contributed by atoms with E-state index in [1.807, 2.05) is 12.3 Å². The number of nitrogens with zero attached hydrogens (tertiary/aromatic N) is 2. The van der Waals surface area contributed by atoms with Gasteiger partial charge in [-0.2, -0.15) is 0 Å². The first-order valence-electron chi connectivity index (χ1n) is 7.84. The van der Waals surface area contributed by atoms with Crippen LogP contribution in [-0.2, 0) is 0 Å². The van der Waals surface area contributed by atoms with Gasteiger partial charge >= 0.3 is 0 Å². The van der Waals surface area contributed by atoms with Crippen molar-refractivity contribution in [1.29, 1.82) is 0 Å². The molecule has 112 valence electrons. The Bertz CT molecular complexity index is 638. The van der Waals surface area contributed by atoms with Crippen LogP contribution < -0.4 is 10.6 Å². The van der Waals surface area contributed by atoms with E-state index in [1.165, 1.54) is 25.7 Å². The number of aromatic nitrogens is 1. The SMILES string of the molecule is CN(c1ccc2ncccc2c1N)C1CCC(C)(C)CC1. The van der Waals surface area contributed by atoms with Gasteiger partial charge in [0, 0.05) is 24.7 Å². The van der Waals surface area contributed by atoms with Crippen LogP contribution in [0.3, 0.4) is 0 Å². The molecule has 3 nitrogen and oxygen atoms in total. The summed E-state index contributed by atoms with van der Waals surface area (Å²) >= 11 is 0. The fraction of sp³-hybridized carbons (Fsp3) is 0.500. The van der Waals surface area contributed by atoms with Gasteiger partial charge in [-0.05, 0) is 55.4 Å². The van der Waals surface area contributed by atoms with Crippen LogP contribution in [0, 0.1) is 5.41 Å². The predicted octanol–water partition coefficient (Wildman–Crippen LogP) is 4.22. The second kappa shape index (κ2) is 5.21. The average molecular weight is 283 g/mol. The maximum atomic E-state index is 6.40. The van der Waals surface area contributed by atoms with E-state index in [-0.39, 0.29) is 0 Å². The maximum absolute atomic E-state index is 6.40. The van der Waals surface area contributed by atoms with E-state index in [4.69, 9.17) is 5.73 Å². The van der Waals surface area contributed by atoms with Crippen LogP contribution in [0.4, 0.5) is 11.4 Å². The number of benzene rings is 1. The van der Waals surface area contributed by atoms with Gasteiger partial charge in [-0.3, -0.25) is 4.98 Å². The summed E-state index contributed by atoms with van der Waals surface area (Å²) in [5.41, 5.74) is 9.86. The fourth-order valence-electron chi connectivity index (χ4n) is 3.44. The Morgan fingerprint density at radius 3 is 2.62 bits per heavy atom. The largest absolute Gasteiger partial charge is 0.396 e. The number of hydrogen-bond acceptors (Lipinski definition) is 3. The molecule has 0 aliphatic heterocycles. The Balaban J connectivity index is 1.88. The lowest BCUT2D eigenvalue weighted by Crippen LogP contribution is -2.37. The van der Waals surface area contributed by atoms with E-state index >= 15 is 0 Å². The zero-order valence-corrected chi connectivity index (χ0v) is 13.3. The summed E-state index contributed by atoms with van der Waals surface area (Å²) in [4.78, 5) is 6.75. The maximum Gasteiger partial charge on any atom is 0.0724 e. The first-order valence-corrected chi connectivity index (χ1v) is 7.84. The van der Waals surface area contributed by atoms with E-state index in [1.54, 1.807) is 0 Å². The molecule has 1 aliphatic carbocycles. The smallest absolute Gasteiger partial charge is 0.0724 e. The van der Waals surface area contributed by atoms with Crippen LogP contribution in [0.2, 0.25) is 0 Å². The number of nitrogen functional groups attached to an aromatic ring is 1. The van der Waals surface area contributed by atoms with E-state index in [0.717, 1.165) is 22.3 Å². The summed E-state index contributed by atoms with van der Waals surface area (Å²) in [6.07, 6.45) is 6.88. The third kappa shape index (κ3) is 2.69. The zero-order chi connectivity index (χ0) is 15.0. The minimum absolute atomic E-state index is 0.496. The normalized spacial score (nSPS) is 18.8. The Labute approximate surface area is 127 Å². The summed E-state index contributed by atoms with van der Waals surface area (Å²) in [7, 11) is 2.18. The summed E-state index contributed by atoms with van der Waals surface area (Å²) in [5.74, 6) is 0. The molecule has 2 N–H and O–H groups in total. The minimum atomic E-state index is 0.496. The highest BCUT2D eigenvalue weighted by molar-refractivity contribution is 5.97. The first kappa shape index (κ1) is 14.2. The molecule has 2 aromatic rings. The number of anilines is 2. The second-order valence-electron chi connectivity index (χ2n) is 7.07. The first-order chi connectivity index (χ1) is 9.98. The molecule has 1 aliphatic rings. The quantitative estimate of drug-likeness (QED) is 0.839. The Hall–Kier alpha value is -1.77. The molecule has 1 heterocycles. The Kier molecular flexibility index (Phi) is 3.52. The molecule has 0 atom stereocenters. The standard InChI is InChI=1S/C18H25N3/c1-18(2)10-8-13(9-11-18)21(3)16-7-6-15-14(17(16)19)5-4-12-20-15/h4-7,12-13H,8-11,19H2,1-3H3. The lowest BCUT2D eigenvalue weighted by Gasteiger charge is -2.40. The van der Waals surface area contributed by atoms with Gasteiger partial charge < -0.3 is 10.6 Å². The van der Waals surface area contributed by atoms with Gasteiger partial charge in [0.15, 0.2) is 0 Å². The third-order valence-corrected chi connectivity index (χ3v) is 5.04. The van der Waals surface area contributed by atoms with E-state index < -0.39 is 0 Å². The van der Waals surface area contributed by atoms with Crippen molar-refractivity contribution in [1.82, 2.24) is 4.98 Å². The van der Waals surface area contributed by atoms with Crippen molar-refractivity contribution in [3.05, 3.63) is 30.5 Å². The molecule has 3 rings (SSSR count). The van der Waals surface area contributed by atoms with Crippen molar-refractivity contribution < 1.29 is 0 Å². The molecule has 21 heavy (non-hydrogen) atoms. The highest BCUT2D eigenvalue weighted by atomic mass is 15.1. The van der Waals surface area contributed by atoms with E-state index in [2.05, 4.69) is 49.0 Å². The average Bonchev–Trinajstić information content (AvgIpc) is 2.47. The molecule has 0 radical (unpaired) electrons. The van der Waals surface area contributed by atoms with E-state index in [0.29, 0.717) is 11.5 Å². The molecule has 0 amide bonds. The van der Waals surface area contributed by atoms with Crippen molar-refractivity contribution in [3.63, 3.8) is 0 Å². The number of fused-ring (bicyclic) bond motifs is 1. The Morgan fingerprint density at radius 1 is 1.19 bits per heavy atom. The van der Waals surface area contributed by atoms with Gasteiger partial charge in [0.2, 0.25) is 0 Å². The molecule has 3 heteroatoms. The molecule has 1 aromatic heterocycles. The summed E-state index contributed by atoms with van der Waals surface area (Å²) < 4.78 is 0. The van der Waals surface area contributed by atoms with Gasteiger partial charge in [-0.1, -0.05) is 13.8 Å².